The Morgan fingerprint density at radius 1 is 1.47 bits per heavy atom. The zero-order valence-electron chi connectivity index (χ0n) is 8.36. The van der Waals surface area contributed by atoms with Crippen molar-refractivity contribution >= 4 is 0 Å². The van der Waals surface area contributed by atoms with Gasteiger partial charge >= 0.3 is 0 Å². The molecule has 1 atom stereocenters. The van der Waals surface area contributed by atoms with E-state index in [9.17, 15) is 8.78 Å². The summed E-state index contributed by atoms with van der Waals surface area (Å²) >= 11 is 0. The van der Waals surface area contributed by atoms with E-state index in [-0.39, 0.29) is 12.6 Å². The van der Waals surface area contributed by atoms with Crippen molar-refractivity contribution in [3.8, 4) is 0 Å². The first-order chi connectivity index (χ1) is 7.18. The van der Waals surface area contributed by atoms with Crippen LogP contribution in [-0.4, -0.2) is 25.7 Å². The number of ether oxygens (including phenoxy) is 1. The zero-order chi connectivity index (χ0) is 11.1. The Labute approximate surface area is 87.2 Å². The highest BCUT2D eigenvalue weighted by atomic mass is 19.3. The molecule has 0 aliphatic heterocycles. The number of rotatable bonds is 7. The molecule has 3 nitrogen and oxygen atoms in total. The van der Waals surface area contributed by atoms with Gasteiger partial charge in [-0.1, -0.05) is 0 Å². The van der Waals surface area contributed by atoms with Gasteiger partial charge in [-0.05, 0) is 18.6 Å². The maximum Gasteiger partial charge on any atom is 0.261 e. The molecule has 0 fully saturated rings. The third-order valence-electron chi connectivity index (χ3n) is 1.92. The number of furan rings is 1. The summed E-state index contributed by atoms with van der Waals surface area (Å²) in [5, 5.41) is 0. The highest BCUT2D eigenvalue weighted by Crippen LogP contribution is 2.05. The number of nitrogens with two attached hydrogens (primary N) is 1. The number of hydrogen-bond acceptors (Lipinski definition) is 3. The molecule has 0 aliphatic rings. The van der Waals surface area contributed by atoms with Gasteiger partial charge in [0.15, 0.2) is 0 Å². The maximum absolute atomic E-state index is 11.7. The van der Waals surface area contributed by atoms with Gasteiger partial charge in [0.05, 0.1) is 6.26 Å². The minimum absolute atomic E-state index is 0.117. The van der Waals surface area contributed by atoms with Gasteiger partial charge < -0.3 is 14.9 Å². The molecule has 1 aromatic heterocycles. The van der Waals surface area contributed by atoms with E-state index in [4.69, 9.17) is 14.9 Å². The second-order valence-corrected chi connectivity index (χ2v) is 3.30. The summed E-state index contributed by atoms with van der Waals surface area (Å²) in [6, 6.07) is 3.50. The lowest BCUT2D eigenvalue weighted by molar-refractivity contribution is 0.0152. The number of alkyl halides is 2. The summed E-state index contributed by atoms with van der Waals surface area (Å²) < 4.78 is 33.2. The van der Waals surface area contributed by atoms with E-state index >= 15 is 0 Å². The normalized spacial score (nSPS) is 13.3. The largest absolute Gasteiger partial charge is 0.469 e. The fourth-order valence-corrected chi connectivity index (χ4v) is 1.20. The van der Waals surface area contributed by atoms with Crippen molar-refractivity contribution in [3.63, 3.8) is 0 Å². The molecule has 5 heteroatoms. The van der Waals surface area contributed by atoms with E-state index in [1.807, 2.05) is 6.07 Å². The van der Waals surface area contributed by atoms with Crippen LogP contribution in [0.25, 0.3) is 0 Å². The molecule has 1 aromatic rings. The molecule has 0 spiro atoms. The van der Waals surface area contributed by atoms with Gasteiger partial charge in [-0.15, -0.1) is 0 Å². The number of halogens is 2. The fraction of sp³-hybridized carbons (Fsp3) is 0.600. The van der Waals surface area contributed by atoms with E-state index in [0.717, 1.165) is 5.76 Å². The first-order valence-electron chi connectivity index (χ1n) is 4.82. The smallest absolute Gasteiger partial charge is 0.261 e. The predicted molar refractivity (Wildman–Crippen MR) is 51.8 cm³/mol. The van der Waals surface area contributed by atoms with Crippen LogP contribution in [0.5, 0.6) is 0 Å². The topological polar surface area (TPSA) is 48.4 Å². The maximum atomic E-state index is 11.7. The average Bonchev–Trinajstić information content (AvgIpc) is 2.64. The second-order valence-electron chi connectivity index (χ2n) is 3.30. The van der Waals surface area contributed by atoms with Crippen molar-refractivity contribution in [2.45, 2.75) is 25.3 Å². The van der Waals surface area contributed by atoms with Gasteiger partial charge in [0, 0.05) is 19.1 Å². The van der Waals surface area contributed by atoms with Crippen molar-refractivity contribution in [1.82, 2.24) is 0 Å². The summed E-state index contributed by atoms with van der Waals surface area (Å²) in [5.74, 6) is 0.802. The standard InChI is InChI=1S/C10H15F2NO2/c11-10(12)7-14-5-3-8(13)6-9-2-1-4-15-9/h1-2,4,8,10H,3,5-7,13H2. The van der Waals surface area contributed by atoms with Gasteiger partial charge in [-0.3, -0.25) is 0 Å². The third kappa shape index (κ3) is 5.49. The van der Waals surface area contributed by atoms with Crippen LogP contribution >= 0.6 is 0 Å². The highest BCUT2D eigenvalue weighted by molar-refractivity contribution is 4.99. The first-order valence-corrected chi connectivity index (χ1v) is 4.82. The van der Waals surface area contributed by atoms with Gasteiger partial charge in [0.1, 0.15) is 12.4 Å². The molecule has 0 saturated carbocycles. The number of hydrogen-bond donors (Lipinski definition) is 1. The Kier molecular flexibility index (Phi) is 5.28. The van der Waals surface area contributed by atoms with E-state index in [0.29, 0.717) is 12.8 Å². The average molecular weight is 219 g/mol. The van der Waals surface area contributed by atoms with Crippen LogP contribution in [0.15, 0.2) is 22.8 Å². The van der Waals surface area contributed by atoms with Crippen molar-refractivity contribution in [3.05, 3.63) is 24.2 Å². The lowest BCUT2D eigenvalue weighted by Gasteiger charge is -2.09. The molecule has 86 valence electrons. The van der Waals surface area contributed by atoms with Crippen LogP contribution in [0, 0.1) is 0 Å². The molecule has 2 N–H and O–H groups in total. The SMILES string of the molecule is NC(CCOCC(F)F)Cc1ccco1. The van der Waals surface area contributed by atoms with Crippen LogP contribution in [0.2, 0.25) is 0 Å². The van der Waals surface area contributed by atoms with Crippen molar-refractivity contribution in [1.29, 1.82) is 0 Å². The van der Waals surface area contributed by atoms with Crippen molar-refractivity contribution in [2.24, 2.45) is 5.73 Å². The highest BCUT2D eigenvalue weighted by Gasteiger charge is 2.07. The molecule has 0 aromatic carbocycles. The molecule has 0 radical (unpaired) electrons. The van der Waals surface area contributed by atoms with E-state index in [2.05, 4.69) is 0 Å². The third-order valence-corrected chi connectivity index (χ3v) is 1.92. The Bertz CT molecular complexity index is 252. The monoisotopic (exact) mass is 219 g/mol. The summed E-state index contributed by atoms with van der Waals surface area (Å²) in [4.78, 5) is 0. The van der Waals surface area contributed by atoms with E-state index in [1.54, 1.807) is 12.3 Å². The predicted octanol–water partition coefficient (Wildman–Crippen LogP) is 1.82. The zero-order valence-corrected chi connectivity index (χ0v) is 8.36. The quantitative estimate of drug-likeness (QED) is 0.711. The Balaban J connectivity index is 2.06. The lowest BCUT2D eigenvalue weighted by Crippen LogP contribution is -2.24. The van der Waals surface area contributed by atoms with Crippen molar-refractivity contribution in [2.75, 3.05) is 13.2 Å². The first kappa shape index (κ1) is 12.1. The molecule has 1 rings (SSSR count). The van der Waals surface area contributed by atoms with Crippen LogP contribution < -0.4 is 5.73 Å². The minimum atomic E-state index is -2.41. The fourth-order valence-electron chi connectivity index (χ4n) is 1.20. The van der Waals surface area contributed by atoms with Crippen LogP contribution in [-0.2, 0) is 11.2 Å². The summed E-state index contributed by atoms with van der Waals surface area (Å²) in [7, 11) is 0. The van der Waals surface area contributed by atoms with E-state index in [1.165, 1.54) is 0 Å². The molecule has 0 amide bonds. The minimum Gasteiger partial charge on any atom is -0.469 e. The summed E-state index contributed by atoms with van der Waals surface area (Å²) in [5.41, 5.74) is 5.75. The van der Waals surface area contributed by atoms with E-state index < -0.39 is 13.0 Å². The van der Waals surface area contributed by atoms with Crippen LogP contribution in [0.4, 0.5) is 8.78 Å². The molecule has 0 saturated heterocycles. The Hall–Kier alpha value is -0.940. The lowest BCUT2D eigenvalue weighted by atomic mass is 10.1. The van der Waals surface area contributed by atoms with Crippen molar-refractivity contribution < 1.29 is 17.9 Å². The molecule has 0 aliphatic carbocycles. The summed E-state index contributed by atoms with van der Waals surface area (Å²) in [6.45, 7) is -0.264. The Morgan fingerprint density at radius 2 is 2.27 bits per heavy atom. The molecular formula is C10H15F2NO2. The van der Waals surface area contributed by atoms with Gasteiger partial charge in [0.25, 0.3) is 6.43 Å². The molecular weight excluding hydrogens is 204 g/mol. The second kappa shape index (κ2) is 6.53. The summed E-state index contributed by atoms with van der Waals surface area (Å²) in [6.07, 6.45) is 0.319. The molecule has 0 bridgehead atoms. The molecule has 15 heavy (non-hydrogen) atoms. The van der Waals surface area contributed by atoms with Gasteiger partial charge in [0.2, 0.25) is 0 Å². The molecule has 1 heterocycles. The van der Waals surface area contributed by atoms with Crippen LogP contribution in [0.1, 0.15) is 12.2 Å². The Morgan fingerprint density at radius 3 is 2.87 bits per heavy atom. The molecule has 1 unspecified atom stereocenters. The van der Waals surface area contributed by atoms with Gasteiger partial charge in [-0.2, -0.15) is 0 Å². The van der Waals surface area contributed by atoms with Crippen LogP contribution in [0.3, 0.4) is 0 Å². The van der Waals surface area contributed by atoms with Gasteiger partial charge in [-0.25, -0.2) is 8.78 Å².